The molecular weight excluding hydrogens is 206 g/mol. The van der Waals surface area contributed by atoms with Gasteiger partial charge in [0, 0.05) is 0 Å². The molecule has 0 amide bonds. The lowest BCUT2D eigenvalue weighted by Crippen LogP contribution is -2.30. The van der Waals surface area contributed by atoms with Crippen LogP contribution >= 0.6 is 0 Å². The van der Waals surface area contributed by atoms with Gasteiger partial charge in [0.05, 0.1) is 11.9 Å². The highest BCUT2D eigenvalue weighted by Crippen LogP contribution is 2.16. The van der Waals surface area contributed by atoms with E-state index < -0.39 is 8.32 Å². The number of hydrogen-bond donors (Lipinski definition) is 0. The minimum atomic E-state index is -1.60. The van der Waals surface area contributed by atoms with Crippen molar-refractivity contribution in [2.45, 2.75) is 13.1 Å². The molecule has 15 heavy (non-hydrogen) atoms. The minimum Gasteiger partial charge on any atom is -0.515 e. The van der Waals surface area contributed by atoms with Crippen LogP contribution in [0.3, 0.4) is 0 Å². The van der Waals surface area contributed by atoms with Crippen LogP contribution in [0.15, 0.2) is 45.6 Å². The van der Waals surface area contributed by atoms with Crippen molar-refractivity contribution < 1.29 is 4.43 Å². The second-order valence-electron chi connectivity index (χ2n) is 4.00. The molecule has 78 valence electrons. The molecule has 2 rings (SSSR count). The zero-order chi connectivity index (χ0) is 10.7. The molecule has 0 aliphatic carbocycles. The van der Waals surface area contributed by atoms with Crippen LogP contribution in [0.1, 0.15) is 0 Å². The van der Waals surface area contributed by atoms with Crippen molar-refractivity contribution in [1.82, 2.24) is 0 Å². The van der Waals surface area contributed by atoms with Crippen LogP contribution in [0.25, 0.3) is 0 Å². The molecule has 0 spiro atoms. The van der Waals surface area contributed by atoms with Crippen molar-refractivity contribution in [1.29, 1.82) is 0 Å². The first-order chi connectivity index (χ1) is 7.16. The van der Waals surface area contributed by atoms with Crippen LogP contribution < -0.4 is 0 Å². The van der Waals surface area contributed by atoms with Crippen LogP contribution in [0.2, 0.25) is 13.1 Å². The minimum absolute atomic E-state index is 0.426. The van der Waals surface area contributed by atoms with E-state index in [1.165, 1.54) is 0 Å². The number of nitrogens with zero attached hydrogens (tertiary/aromatic N) is 3. The van der Waals surface area contributed by atoms with E-state index in [0.29, 0.717) is 6.02 Å². The maximum absolute atomic E-state index is 5.60. The van der Waals surface area contributed by atoms with Crippen LogP contribution in [-0.2, 0) is 4.43 Å². The highest BCUT2D eigenvalue weighted by molar-refractivity contribution is 6.74. The summed E-state index contributed by atoms with van der Waals surface area (Å²) in [6.07, 6.45) is 0.774. The number of hydrogen-bond acceptors (Lipinski definition) is 4. The van der Waals surface area contributed by atoms with Gasteiger partial charge in [-0.1, -0.05) is 23.3 Å². The number of amidine groups is 1. The molecule has 0 radical (unpaired) electrons. The van der Waals surface area contributed by atoms with Gasteiger partial charge in [-0.25, -0.2) is 4.99 Å². The fraction of sp³-hybridized carbons (Fsp3) is 0.300. The van der Waals surface area contributed by atoms with E-state index in [4.69, 9.17) is 4.43 Å². The summed E-state index contributed by atoms with van der Waals surface area (Å²) in [5.41, 5.74) is 0.815. The lowest BCUT2D eigenvalue weighted by molar-refractivity contribution is 0.557. The van der Waals surface area contributed by atoms with Gasteiger partial charge >= 0.3 is 6.02 Å². The molecule has 0 bridgehead atoms. The monoisotopic (exact) mass is 219 g/mol. The number of aliphatic imine (C=N–C) groups is 1. The van der Waals surface area contributed by atoms with E-state index in [1.807, 2.05) is 30.3 Å². The van der Waals surface area contributed by atoms with Crippen molar-refractivity contribution in [2.24, 2.45) is 15.2 Å². The predicted octanol–water partition coefficient (Wildman–Crippen LogP) is 2.90. The van der Waals surface area contributed by atoms with Gasteiger partial charge in [-0.15, -0.1) is 5.11 Å². The predicted molar refractivity (Wildman–Crippen MR) is 61.8 cm³/mol. The maximum atomic E-state index is 5.60. The Morgan fingerprint density at radius 1 is 1.20 bits per heavy atom. The molecule has 5 heteroatoms. The lowest BCUT2D eigenvalue weighted by atomic mass is 10.3. The van der Waals surface area contributed by atoms with Gasteiger partial charge in [0.25, 0.3) is 8.32 Å². The molecule has 1 aliphatic heterocycles. The zero-order valence-corrected chi connectivity index (χ0v) is 9.84. The van der Waals surface area contributed by atoms with Crippen molar-refractivity contribution in [3.8, 4) is 0 Å². The summed E-state index contributed by atoms with van der Waals surface area (Å²) in [5, 5.41) is 8.02. The third-order valence-corrected chi connectivity index (χ3v) is 3.62. The van der Waals surface area contributed by atoms with Crippen LogP contribution in [0.4, 0.5) is 5.69 Å². The second-order valence-corrected chi connectivity index (χ2v) is 8.04. The summed E-state index contributed by atoms with van der Waals surface area (Å²) in [6, 6.07) is 9.99. The van der Waals surface area contributed by atoms with Gasteiger partial charge in [0.2, 0.25) is 0 Å². The quantitative estimate of drug-likeness (QED) is 0.529. The van der Waals surface area contributed by atoms with Gasteiger partial charge < -0.3 is 4.43 Å². The third-order valence-electron chi connectivity index (χ3n) is 1.97. The number of benzene rings is 1. The van der Waals surface area contributed by atoms with Crippen molar-refractivity contribution >= 4 is 20.0 Å². The summed E-state index contributed by atoms with van der Waals surface area (Å²) in [6.45, 7) is 4.23. The van der Waals surface area contributed by atoms with E-state index in [9.17, 15) is 0 Å². The Morgan fingerprint density at radius 2 is 1.93 bits per heavy atom. The Morgan fingerprint density at radius 3 is 2.53 bits per heavy atom. The molecule has 0 aromatic heterocycles. The van der Waals surface area contributed by atoms with E-state index in [1.54, 1.807) is 0 Å². The Hall–Kier alpha value is -1.49. The Kier molecular flexibility index (Phi) is 2.64. The fourth-order valence-corrected chi connectivity index (χ4v) is 2.40. The molecule has 0 N–H and O–H groups in total. The van der Waals surface area contributed by atoms with Gasteiger partial charge in [-0.05, 0) is 25.2 Å². The largest absolute Gasteiger partial charge is 0.515 e. The Labute approximate surface area is 89.8 Å². The number of rotatable bonds is 1. The van der Waals surface area contributed by atoms with Gasteiger partial charge in [-0.2, -0.15) is 0 Å². The SMILES string of the molecule is C[Si]1(C)CN=C(N=Nc2ccccc2)O1. The van der Waals surface area contributed by atoms with Crippen molar-refractivity contribution in [2.75, 3.05) is 6.17 Å². The summed E-state index contributed by atoms with van der Waals surface area (Å²) in [5.74, 6) is 0. The fourth-order valence-electron chi connectivity index (χ4n) is 1.22. The molecule has 0 saturated carbocycles. The molecule has 4 nitrogen and oxygen atoms in total. The topological polar surface area (TPSA) is 46.3 Å². The molecule has 1 heterocycles. The molecular formula is C10H13N3OSi. The average molecular weight is 219 g/mol. The maximum Gasteiger partial charge on any atom is 0.316 e. The first-order valence-corrected chi connectivity index (χ1v) is 7.97. The zero-order valence-electron chi connectivity index (χ0n) is 8.84. The number of azo groups is 1. The first kappa shape index (κ1) is 10.0. The summed E-state index contributed by atoms with van der Waals surface area (Å²) < 4.78 is 5.60. The summed E-state index contributed by atoms with van der Waals surface area (Å²) in [7, 11) is -1.60. The molecule has 1 aromatic carbocycles. The Balaban J connectivity index is 2.02. The molecule has 0 saturated heterocycles. The van der Waals surface area contributed by atoms with Gasteiger partial charge in [-0.3, -0.25) is 0 Å². The van der Waals surface area contributed by atoms with E-state index >= 15 is 0 Å². The molecule has 1 aliphatic rings. The normalized spacial score (nSPS) is 18.9. The lowest BCUT2D eigenvalue weighted by Gasteiger charge is -2.11. The molecule has 0 fully saturated rings. The summed E-state index contributed by atoms with van der Waals surface area (Å²) >= 11 is 0. The van der Waals surface area contributed by atoms with Gasteiger partial charge in [0.15, 0.2) is 0 Å². The van der Waals surface area contributed by atoms with Gasteiger partial charge in [0.1, 0.15) is 0 Å². The Bertz CT molecular complexity index is 400. The molecule has 0 unspecified atom stereocenters. The highest BCUT2D eigenvalue weighted by atomic mass is 28.4. The molecule has 0 atom stereocenters. The van der Waals surface area contributed by atoms with E-state index in [2.05, 4.69) is 28.3 Å². The van der Waals surface area contributed by atoms with E-state index in [0.717, 1.165) is 11.9 Å². The standard InChI is InChI=1S/C10H13N3OSi/c1-15(2)8-11-10(14-15)13-12-9-6-4-3-5-7-9/h3-7H,8H2,1-2H3. The smallest absolute Gasteiger partial charge is 0.316 e. The average Bonchev–Trinajstić information content (AvgIpc) is 2.57. The van der Waals surface area contributed by atoms with Crippen molar-refractivity contribution in [3.63, 3.8) is 0 Å². The van der Waals surface area contributed by atoms with E-state index in [-0.39, 0.29) is 0 Å². The third kappa shape index (κ3) is 2.73. The van der Waals surface area contributed by atoms with Crippen LogP contribution in [0, 0.1) is 0 Å². The molecule has 1 aromatic rings. The highest BCUT2D eigenvalue weighted by Gasteiger charge is 2.31. The first-order valence-electron chi connectivity index (χ1n) is 4.86. The summed E-state index contributed by atoms with van der Waals surface area (Å²) in [4.78, 5) is 4.20. The van der Waals surface area contributed by atoms with Crippen LogP contribution in [-0.4, -0.2) is 20.5 Å². The second kappa shape index (κ2) is 3.94. The van der Waals surface area contributed by atoms with Crippen molar-refractivity contribution in [3.05, 3.63) is 30.3 Å². The van der Waals surface area contributed by atoms with Crippen LogP contribution in [0.5, 0.6) is 0 Å².